The van der Waals surface area contributed by atoms with Crippen LogP contribution in [0.3, 0.4) is 0 Å². The van der Waals surface area contributed by atoms with Crippen LogP contribution in [-0.2, 0) is 0 Å². The molecule has 28 heavy (non-hydrogen) atoms. The van der Waals surface area contributed by atoms with E-state index in [1.165, 1.54) is 26.2 Å². The van der Waals surface area contributed by atoms with Crippen LogP contribution in [0.25, 0.3) is 0 Å². The van der Waals surface area contributed by atoms with Crippen LogP contribution in [0.2, 0.25) is 0 Å². The Kier molecular flexibility index (Phi) is 4.26. The minimum absolute atomic E-state index is 0.957. The molecule has 1 aliphatic rings. The van der Waals surface area contributed by atoms with Gasteiger partial charge in [0.15, 0.2) is 8.07 Å². The van der Waals surface area contributed by atoms with Gasteiger partial charge in [-0.15, -0.1) is 0 Å². The summed E-state index contributed by atoms with van der Waals surface area (Å²) < 4.78 is 7.48. The normalized spacial score (nSPS) is 13.9. The fourth-order valence-corrected chi connectivity index (χ4v) is 9.99. The quantitative estimate of drug-likeness (QED) is 0.382. The first-order valence-electron chi connectivity index (χ1n) is 9.39. The molecule has 0 N–H and O–H groups in total. The molecule has 1 nitrogen and oxygen atoms in total. The maximum atomic E-state index is 6.40. The highest BCUT2D eigenvalue weighted by atomic mass is 79.9. The Morgan fingerprint density at radius 1 is 0.643 bits per heavy atom. The van der Waals surface area contributed by atoms with Crippen molar-refractivity contribution in [2.75, 3.05) is 0 Å². The summed E-state index contributed by atoms with van der Waals surface area (Å²) in [6, 6.07) is 34.9. The third kappa shape index (κ3) is 2.60. The molecule has 0 aliphatic carbocycles. The van der Waals surface area contributed by atoms with Crippen molar-refractivity contribution in [2.24, 2.45) is 0 Å². The first-order valence-corrected chi connectivity index (χ1v) is 12.2. The minimum atomic E-state index is -2.49. The van der Waals surface area contributed by atoms with Crippen LogP contribution in [0.4, 0.5) is 0 Å². The van der Waals surface area contributed by atoms with Crippen molar-refractivity contribution in [3.05, 3.63) is 102 Å². The molecule has 0 fully saturated rings. The SMILES string of the molecule is Bc1ccc2c(c1)[Si](c1ccccc1)(c1ccccc1)c1cc(Br)ccc1O2. The van der Waals surface area contributed by atoms with E-state index in [0.29, 0.717) is 0 Å². The fraction of sp³-hybridized carbons (Fsp3) is 0. The molecule has 0 saturated carbocycles. The van der Waals surface area contributed by atoms with Gasteiger partial charge in [-0.05, 0) is 45.0 Å². The van der Waals surface area contributed by atoms with Gasteiger partial charge in [-0.25, -0.2) is 0 Å². The number of benzene rings is 4. The lowest BCUT2D eigenvalue weighted by Crippen LogP contribution is -2.76. The molecule has 0 amide bonds. The number of ether oxygens (including phenoxy) is 1. The molecule has 0 atom stereocenters. The molecule has 0 aromatic heterocycles. The highest BCUT2D eigenvalue weighted by Gasteiger charge is 2.47. The van der Waals surface area contributed by atoms with Gasteiger partial charge < -0.3 is 4.74 Å². The van der Waals surface area contributed by atoms with Crippen molar-refractivity contribution in [1.82, 2.24) is 0 Å². The van der Waals surface area contributed by atoms with Gasteiger partial charge in [0.05, 0.1) is 0 Å². The van der Waals surface area contributed by atoms with Crippen LogP contribution in [0.1, 0.15) is 0 Å². The summed E-state index contributed by atoms with van der Waals surface area (Å²) in [5.41, 5.74) is 1.25. The lowest BCUT2D eigenvalue weighted by atomic mass is 9.96. The third-order valence-corrected chi connectivity index (χ3v) is 10.8. The first kappa shape index (κ1) is 17.5. The Hall–Kier alpha value is -2.56. The number of rotatable bonds is 2. The predicted molar refractivity (Wildman–Crippen MR) is 126 cm³/mol. The maximum absolute atomic E-state index is 6.40. The van der Waals surface area contributed by atoms with Crippen molar-refractivity contribution < 1.29 is 4.74 Å². The Morgan fingerprint density at radius 3 is 1.79 bits per heavy atom. The second-order valence-corrected chi connectivity index (χ2v) is 11.9. The number of fused-ring (bicyclic) bond motifs is 2. The molecule has 0 bridgehead atoms. The molecule has 0 radical (unpaired) electrons. The molecule has 4 aromatic carbocycles. The van der Waals surface area contributed by atoms with E-state index in [2.05, 4.69) is 121 Å². The smallest absolute Gasteiger partial charge is 0.188 e. The summed E-state index contributed by atoms with van der Waals surface area (Å²) in [6.45, 7) is 0. The highest BCUT2D eigenvalue weighted by molar-refractivity contribution is 9.10. The number of halogens is 1. The Bertz CT molecular complexity index is 1070. The average molecular weight is 441 g/mol. The van der Waals surface area contributed by atoms with Gasteiger partial charge in [0.25, 0.3) is 0 Å². The van der Waals surface area contributed by atoms with Gasteiger partial charge in [-0.3, -0.25) is 0 Å². The van der Waals surface area contributed by atoms with Gasteiger partial charge in [0.1, 0.15) is 19.3 Å². The zero-order valence-electron chi connectivity index (χ0n) is 15.5. The molecule has 0 unspecified atom stereocenters. The Balaban J connectivity index is 1.99. The molecule has 4 heteroatoms. The van der Waals surface area contributed by atoms with E-state index >= 15 is 0 Å². The second-order valence-electron chi connectivity index (χ2n) is 7.22. The highest BCUT2D eigenvalue weighted by Crippen LogP contribution is 2.30. The first-order chi connectivity index (χ1) is 13.7. The summed E-state index contributed by atoms with van der Waals surface area (Å²) in [5, 5.41) is 5.35. The monoisotopic (exact) mass is 440 g/mol. The van der Waals surface area contributed by atoms with E-state index in [1.54, 1.807) is 0 Å². The van der Waals surface area contributed by atoms with E-state index in [0.717, 1.165) is 16.0 Å². The molecule has 4 aromatic rings. The average Bonchev–Trinajstić information content (AvgIpc) is 2.74. The molecular weight excluding hydrogens is 423 g/mol. The largest absolute Gasteiger partial charge is 0.458 e. The fourth-order valence-electron chi connectivity index (χ4n) is 4.34. The van der Waals surface area contributed by atoms with Crippen molar-refractivity contribution in [2.45, 2.75) is 0 Å². The van der Waals surface area contributed by atoms with Crippen molar-refractivity contribution in [1.29, 1.82) is 0 Å². The molecule has 134 valence electrons. The topological polar surface area (TPSA) is 9.23 Å². The van der Waals surface area contributed by atoms with Gasteiger partial charge >= 0.3 is 0 Å². The number of hydrogen-bond acceptors (Lipinski definition) is 1. The molecular formula is C24H18BBrOSi. The van der Waals surface area contributed by atoms with Crippen LogP contribution >= 0.6 is 15.9 Å². The van der Waals surface area contributed by atoms with Crippen LogP contribution in [-0.4, -0.2) is 15.9 Å². The lowest BCUT2D eigenvalue weighted by molar-refractivity contribution is 0.487. The van der Waals surface area contributed by atoms with E-state index < -0.39 is 8.07 Å². The van der Waals surface area contributed by atoms with Gasteiger partial charge in [-0.1, -0.05) is 94.2 Å². The second kappa shape index (κ2) is 6.80. The van der Waals surface area contributed by atoms with Crippen molar-refractivity contribution in [3.63, 3.8) is 0 Å². The van der Waals surface area contributed by atoms with Crippen LogP contribution in [0.15, 0.2) is 102 Å². The van der Waals surface area contributed by atoms with Crippen LogP contribution < -0.4 is 30.9 Å². The van der Waals surface area contributed by atoms with E-state index in [4.69, 9.17) is 4.74 Å². The van der Waals surface area contributed by atoms with Crippen LogP contribution in [0.5, 0.6) is 11.5 Å². The van der Waals surface area contributed by atoms with Gasteiger partial charge in [0, 0.05) is 4.47 Å². The van der Waals surface area contributed by atoms with Gasteiger partial charge in [-0.2, -0.15) is 0 Å². The molecule has 0 spiro atoms. The van der Waals surface area contributed by atoms with Crippen molar-refractivity contribution >= 4 is 58.1 Å². The summed E-state index contributed by atoms with van der Waals surface area (Å²) in [6.07, 6.45) is 0. The number of hydrogen-bond donors (Lipinski definition) is 0. The van der Waals surface area contributed by atoms with Gasteiger partial charge in [0.2, 0.25) is 0 Å². The molecule has 1 heterocycles. The summed E-state index contributed by atoms with van der Waals surface area (Å²) in [4.78, 5) is 0. The Morgan fingerprint density at radius 2 is 1.18 bits per heavy atom. The third-order valence-electron chi connectivity index (χ3n) is 5.52. The van der Waals surface area contributed by atoms with E-state index in [1.807, 2.05) is 0 Å². The van der Waals surface area contributed by atoms with E-state index in [-0.39, 0.29) is 0 Å². The summed E-state index contributed by atoms with van der Waals surface area (Å²) in [7, 11) is -0.335. The lowest BCUT2D eigenvalue weighted by Gasteiger charge is -2.39. The van der Waals surface area contributed by atoms with E-state index in [9.17, 15) is 0 Å². The zero-order valence-corrected chi connectivity index (χ0v) is 18.1. The van der Waals surface area contributed by atoms with Crippen LogP contribution in [0, 0.1) is 0 Å². The molecule has 1 aliphatic heterocycles. The van der Waals surface area contributed by atoms with Crippen molar-refractivity contribution in [3.8, 4) is 11.5 Å². The minimum Gasteiger partial charge on any atom is -0.458 e. The Labute approximate surface area is 175 Å². The zero-order chi connectivity index (χ0) is 19.1. The molecule has 5 rings (SSSR count). The predicted octanol–water partition coefficient (Wildman–Crippen LogP) is 2.19. The summed E-state index contributed by atoms with van der Waals surface area (Å²) >= 11 is 3.71. The molecule has 0 saturated heterocycles. The maximum Gasteiger partial charge on any atom is 0.188 e. The summed E-state index contributed by atoms with van der Waals surface area (Å²) in [5.74, 6) is 1.93. The standard InChI is InChI=1S/C24H18BBrOSi/c25-17-11-13-21-23(15-17)28(19-7-3-1-4-8-19,20-9-5-2-6-10-20)24-16-18(26)12-14-22(24)27-21/h1-16H,25H2.